The first-order valence-corrected chi connectivity index (χ1v) is 10.4. The maximum absolute atomic E-state index is 13.0. The van der Waals surface area contributed by atoms with E-state index in [-0.39, 0.29) is 11.9 Å². The van der Waals surface area contributed by atoms with Crippen molar-refractivity contribution in [2.45, 2.75) is 32.2 Å². The number of fused-ring (bicyclic) bond motifs is 1. The van der Waals surface area contributed by atoms with E-state index >= 15 is 0 Å². The summed E-state index contributed by atoms with van der Waals surface area (Å²) in [5.74, 6) is -0.193. The van der Waals surface area contributed by atoms with Gasteiger partial charge in [-0.15, -0.1) is 0 Å². The Labute approximate surface area is 172 Å². The minimum atomic E-state index is -0.337. The maximum Gasteiger partial charge on any atom is 0.337 e. The van der Waals surface area contributed by atoms with Gasteiger partial charge in [-0.05, 0) is 67.6 Å². The highest BCUT2D eigenvalue weighted by Gasteiger charge is 2.26. The number of ether oxygens (including phenoxy) is 1. The molecule has 0 N–H and O–H groups in total. The molecule has 4 rings (SSSR count). The summed E-state index contributed by atoms with van der Waals surface area (Å²) < 4.78 is 4.75. The molecule has 1 amide bonds. The minimum absolute atomic E-state index is 0.144. The molecule has 2 aromatic carbocycles. The fourth-order valence-electron chi connectivity index (χ4n) is 4.42. The normalized spacial score (nSPS) is 19.3. The SMILES string of the molecule is COC(=O)c1ccc(-c2ccc3c(c2)CCN(CCN2CCC[C@H]2C)C3=O)cc1. The van der Waals surface area contributed by atoms with Crippen LogP contribution < -0.4 is 0 Å². The smallest absolute Gasteiger partial charge is 0.337 e. The molecule has 2 aliphatic heterocycles. The second-order valence-corrected chi connectivity index (χ2v) is 8.01. The summed E-state index contributed by atoms with van der Waals surface area (Å²) in [4.78, 5) is 29.1. The standard InChI is InChI=1S/C24H28N2O3/c1-17-4-3-12-25(17)14-15-26-13-11-21-16-20(9-10-22(21)23(26)27)18-5-7-19(8-6-18)24(28)29-2/h5-10,16-17H,3-4,11-15H2,1-2H3/t17-/m1/s1. The quantitative estimate of drug-likeness (QED) is 0.730. The van der Waals surface area contributed by atoms with E-state index in [0.29, 0.717) is 11.6 Å². The molecule has 2 heterocycles. The van der Waals surface area contributed by atoms with Gasteiger partial charge in [-0.1, -0.05) is 24.3 Å². The summed E-state index contributed by atoms with van der Waals surface area (Å²) in [6.45, 7) is 5.97. The van der Waals surface area contributed by atoms with Gasteiger partial charge >= 0.3 is 5.97 Å². The molecule has 1 fully saturated rings. The van der Waals surface area contributed by atoms with Crippen molar-refractivity contribution in [3.63, 3.8) is 0 Å². The van der Waals surface area contributed by atoms with Crippen molar-refractivity contribution in [1.82, 2.24) is 9.80 Å². The van der Waals surface area contributed by atoms with Crippen LogP contribution in [0.4, 0.5) is 0 Å². The van der Waals surface area contributed by atoms with Crippen molar-refractivity contribution >= 4 is 11.9 Å². The highest BCUT2D eigenvalue weighted by Crippen LogP contribution is 2.27. The molecule has 1 saturated heterocycles. The van der Waals surface area contributed by atoms with Crippen LogP contribution in [0.25, 0.3) is 11.1 Å². The number of carbonyl (C=O) groups excluding carboxylic acids is 2. The summed E-state index contributed by atoms with van der Waals surface area (Å²) in [5.41, 5.74) is 4.55. The molecule has 0 radical (unpaired) electrons. The number of amides is 1. The fraction of sp³-hybridized carbons (Fsp3) is 0.417. The number of likely N-dealkylation sites (tertiary alicyclic amines) is 1. The van der Waals surface area contributed by atoms with Crippen LogP contribution in [0.3, 0.4) is 0 Å². The van der Waals surface area contributed by atoms with Gasteiger partial charge in [0.15, 0.2) is 0 Å². The number of carbonyl (C=O) groups is 2. The lowest BCUT2D eigenvalue weighted by atomic mass is 9.93. The Morgan fingerprint density at radius 1 is 1.07 bits per heavy atom. The minimum Gasteiger partial charge on any atom is -0.465 e. The predicted molar refractivity (Wildman–Crippen MR) is 113 cm³/mol. The summed E-state index contributed by atoms with van der Waals surface area (Å²) >= 11 is 0. The van der Waals surface area contributed by atoms with E-state index in [1.807, 2.05) is 29.2 Å². The number of nitrogens with zero attached hydrogens (tertiary/aromatic N) is 2. The third-order valence-corrected chi connectivity index (χ3v) is 6.26. The van der Waals surface area contributed by atoms with E-state index in [4.69, 9.17) is 4.74 Å². The van der Waals surface area contributed by atoms with Crippen molar-refractivity contribution in [3.8, 4) is 11.1 Å². The lowest BCUT2D eigenvalue weighted by Crippen LogP contribution is -2.43. The van der Waals surface area contributed by atoms with Crippen molar-refractivity contribution in [2.24, 2.45) is 0 Å². The van der Waals surface area contributed by atoms with Crippen LogP contribution in [0.1, 0.15) is 46.0 Å². The summed E-state index contributed by atoms with van der Waals surface area (Å²) in [6, 6.07) is 14.1. The van der Waals surface area contributed by atoms with Crippen LogP contribution >= 0.6 is 0 Å². The van der Waals surface area contributed by atoms with Crippen LogP contribution in [0.5, 0.6) is 0 Å². The second-order valence-electron chi connectivity index (χ2n) is 8.01. The Morgan fingerprint density at radius 2 is 1.83 bits per heavy atom. The Balaban J connectivity index is 1.46. The Morgan fingerprint density at radius 3 is 2.52 bits per heavy atom. The van der Waals surface area contributed by atoms with Gasteiger partial charge in [0.05, 0.1) is 12.7 Å². The van der Waals surface area contributed by atoms with E-state index in [1.54, 1.807) is 12.1 Å². The van der Waals surface area contributed by atoms with E-state index in [1.165, 1.54) is 20.0 Å². The van der Waals surface area contributed by atoms with Gasteiger partial charge in [0, 0.05) is 31.2 Å². The van der Waals surface area contributed by atoms with Gasteiger partial charge in [-0.3, -0.25) is 9.69 Å². The molecule has 29 heavy (non-hydrogen) atoms. The van der Waals surface area contributed by atoms with E-state index in [2.05, 4.69) is 17.9 Å². The zero-order valence-corrected chi connectivity index (χ0v) is 17.2. The Kier molecular flexibility index (Phi) is 5.67. The molecule has 152 valence electrons. The first kappa shape index (κ1) is 19.6. The van der Waals surface area contributed by atoms with E-state index in [9.17, 15) is 9.59 Å². The first-order valence-electron chi connectivity index (χ1n) is 10.4. The van der Waals surface area contributed by atoms with Gasteiger partial charge < -0.3 is 9.64 Å². The van der Waals surface area contributed by atoms with Crippen LogP contribution in [0, 0.1) is 0 Å². The number of hydrogen-bond donors (Lipinski definition) is 0. The molecule has 0 spiro atoms. The Hall–Kier alpha value is -2.66. The summed E-state index contributed by atoms with van der Waals surface area (Å²) in [5, 5.41) is 0. The van der Waals surface area contributed by atoms with Crippen molar-refractivity contribution in [1.29, 1.82) is 0 Å². The lowest BCUT2D eigenvalue weighted by molar-refractivity contribution is 0.0600. The van der Waals surface area contributed by atoms with E-state index in [0.717, 1.165) is 54.9 Å². The highest BCUT2D eigenvalue weighted by molar-refractivity contribution is 5.97. The second kappa shape index (κ2) is 8.37. The van der Waals surface area contributed by atoms with Crippen LogP contribution in [0.15, 0.2) is 42.5 Å². The maximum atomic E-state index is 13.0. The zero-order valence-electron chi connectivity index (χ0n) is 17.2. The van der Waals surface area contributed by atoms with Gasteiger partial charge in [-0.2, -0.15) is 0 Å². The lowest BCUT2D eigenvalue weighted by Gasteiger charge is -2.31. The number of esters is 1. The average molecular weight is 392 g/mol. The summed E-state index contributed by atoms with van der Waals surface area (Å²) in [7, 11) is 1.38. The largest absolute Gasteiger partial charge is 0.465 e. The molecule has 2 aliphatic rings. The highest BCUT2D eigenvalue weighted by atomic mass is 16.5. The number of methoxy groups -OCH3 is 1. The molecule has 0 bridgehead atoms. The van der Waals surface area contributed by atoms with Crippen molar-refractivity contribution in [2.75, 3.05) is 33.3 Å². The van der Waals surface area contributed by atoms with Crippen LogP contribution in [-0.4, -0.2) is 61.0 Å². The van der Waals surface area contributed by atoms with Crippen LogP contribution in [-0.2, 0) is 11.2 Å². The summed E-state index contributed by atoms with van der Waals surface area (Å²) in [6.07, 6.45) is 3.41. The van der Waals surface area contributed by atoms with Crippen LogP contribution in [0.2, 0.25) is 0 Å². The third-order valence-electron chi connectivity index (χ3n) is 6.26. The number of rotatable bonds is 5. The van der Waals surface area contributed by atoms with Crippen molar-refractivity contribution in [3.05, 3.63) is 59.2 Å². The predicted octanol–water partition coefficient (Wildman–Crippen LogP) is 3.62. The molecule has 0 aliphatic carbocycles. The molecule has 0 saturated carbocycles. The molecular weight excluding hydrogens is 364 g/mol. The molecule has 0 unspecified atom stereocenters. The van der Waals surface area contributed by atoms with E-state index < -0.39 is 0 Å². The molecule has 5 nitrogen and oxygen atoms in total. The number of hydrogen-bond acceptors (Lipinski definition) is 4. The van der Waals surface area contributed by atoms with Gasteiger partial charge in [0.2, 0.25) is 0 Å². The average Bonchev–Trinajstić information content (AvgIpc) is 3.17. The number of benzene rings is 2. The molecule has 1 atom stereocenters. The fourth-order valence-corrected chi connectivity index (χ4v) is 4.42. The first-order chi connectivity index (χ1) is 14.1. The van der Waals surface area contributed by atoms with Gasteiger partial charge in [0.1, 0.15) is 0 Å². The van der Waals surface area contributed by atoms with Gasteiger partial charge in [0.25, 0.3) is 5.91 Å². The third kappa shape index (κ3) is 4.06. The molecular formula is C24H28N2O3. The van der Waals surface area contributed by atoms with Gasteiger partial charge in [-0.25, -0.2) is 4.79 Å². The Bertz CT molecular complexity index is 907. The molecule has 5 heteroatoms. The monoisotopic (exact) mass is 392 g/mol. The molecule has 2 aromatic rings. The topological polar surface area (TPSA) is 49.9 Å². The zero-order chi connectivity index (χ0) is 20.4. The van der Waals surface area contributed by atoms with Crippen molar-refractivity contribution < 1.29 is 14.3 Å². The molecule has 0 aromatic heterocycles.